The van der Waals surface area contributed by atoms with Crippen LogP contribution in [0.5, 0.6) is 0 Å². The number of para-hydroxylation sites is 1. The number of carbonyl (C=O) groups is 2. The van der Waals surface area contributed by atoms with Gasteiger partial charge in [0.05, 0.1) is 21.2 Å². The van der Waals surface area contributed by atoms with Crippen LogP contribution in [0.15, 0.2) is 64.9 Å². The van der Waals surface area contributed by atoms with Crippen LogP contribution in [0.2, 0.25) is 0 Å². The molecule has 0 saturated carbocycles. The third-order valence-corrected chi connectivity index (χ3v) is 9.65. The highest BCUT2D eigenvalue weighted by molar-refractivity contribution is 7.92. The SMILES string of the molecule is Cc1ccc(S(=O)(=O)Nc2ccccc2C(=O)Nc2csc(C3CCN(C(=O)Cn4nc(C(F)(F)F)cc4C)CC3)n2)cc1. The van der Waals surface area contributed by atoms with E-state index < -0.39 is 27.8 Å². The van der Waals surface area contributed by atoms with Gasteiger partial charge in [0.15, 0.2) is 5.69 Å². The van der Waals surface area contributed by atoms with E-state index in [-0.39, 0.29) is 40.2 Å². The highest BCUT2D eigenvalue weighted by atomic mass is 32.2. The maximum atomic E-state index is 13.1. The molecular formula is C29H29F3N6O4S2. The molecule has 1 fully saturated rings. The topological polar surface area (TPSA) is 126 Å². The molecule has 0 spiro atoms. The Morgan fingerprint density at radius 3 is 2.39 bits per heavy atom. The van der Waals surface area contributed by atoms with Crippen LogP contribution in [0.4, 0.5) is 24.7 Å². The number of aryl methyl sites for hydroxylation is 2. The number of hydrogen-bond donors (Lipinski definition) is 2. The van der Waals surface area contributed by atoms with E-state index in [2.05, 4.69) is 20.1 Å². The van der Waals surface area contributed by atoms with Crippen molar-refractivity contribution in [3.8, 4) is 0 Å². The van der Waals surface area contributed by atoms with Gasteiger partial charge in [-0.3, -0.25) is 19.0 Å². The molecule has 0 unspecified atom stereocenters. The van der Waals surface area contributed by atoms with Gasteiger partial charge in [-0.15, -0.1) is 11.3 Å². The van der Waals surface area contributed by atoms with E-state index in [9.17, 15) is 31.2 Å². The Morgan fingerprint density at radius 2 is 1.73 bits per heavy atom. The molecular weight excluding hydrogens is 617 g/mol. The average Bonchev–Trinajstić information content (AvgIpc) is 3.60. The molecule has 2 aromatic carbocycles. The molecule has 1 aliphatic heterocycles. The van der Waals surface area contributed by atoms with Gasteiger partial charge in [0.25, 0.3) is 15.9 Å². The molecule has 1 aliphatic rings. The third kappa shape index (κ3) is 7.10. The monoisotopic (exact) mass is 646 g/mol. The number of alkyl halides is 3. The number of hydrogen-bond acceptors (Lipinski definition) is 7. The highest BCUT2D eigenvalue weighted by Gasteiger charge is 2.35. The van der Waals surface area contributed by atoms with Crippen LogP contribution in [0.1, 0.15) is 51.1 Å². The minimum absolute atomic E-state index is 0.0339. The summed E-state index contributed by atoms with van der Waals surface area (Å²) in [6.07, 6.45) is -3.38. The third-order valence-electron chi connectivity index (χ3n) is 7.26. The first-order valence-electron chi connectivity index (χ1n) is 13.6. The molecule has 5 rings (SSSR count). The number of aromatic nitrogens is 3. The fourth-order valence-electron chi connectivity index (χ4n) is 4.82. The summed E-state index contributed by atoms with van der Waals surface area (Å²) < 4.78 is 68.3. The summed E-state index contributed by atoms with van der Waals surface area (Å²) in [6.45, 7) is 3.87. The van der Waals surface area contributed by atoms with Gasteiger partial charge in [-0.2, -0.15) is 18.3 Å². The van der Waals surface area contributed by atoms with Crippen molar-refractivity contribution in [1.29, 1.82) is 0 Å². The number of rotatable bonds is 8. The summed E-state index contributed by atoms with van der Waals surface area (Å²) >= 11 is 1.36. The lowest BCUT2D eigenvalue weighted by Crippen LogP contribution is -2.40. The van der Waals surface area contributed by atoms with Crippen LogP contribution < -0.4 is 10.0 Å². The normalized spacial score (nSPS) is 14.4. The van der Waals surface area contributed by atoms with Crippen molar-refractivity contribution in [2.75, 3.05) is 23.1 Å². The second-order valence-corrected chi connectivity index (χ2v) is 13.0. The van der Waals surface area contributed by atoms with Crippen LogP contribution in [-0.2, 0) is 27.5 Å². The molecule has 0 radical (unpaired) electrons. The van der Waals surface area contributed by atoms with Crippen molar-refractivity contribution in [2.24, 2.45) is 0 Å². The van der Waals surface area contributed by atoms with Crippen LogP contribution in [-0.4, -0.2) is 53.0 Å². The van der Waals surface area contributed by atoms with E-state index in [1.54, 1.807) is 34.5 Å². The number of sulfonamides is 1. The standard InChI is InChI=1S/C29H29F3N6O4S2/c1-18-7-9-21(10-8-18)44(41,42)36-23-6-4-3-5-22(23)27(40)33-25-17-43-28(34-25)20-11-13-37(14-12-20)26(39)16-38-19(2)15-24(35-38)29(30,31)32/h3-10,15,17,20,36H,11-14,16H2,1-2H3,(H,33,40). The lowest BCUT2D eigenvalue weighted by atomic mass is 9.97. The molecule has 232 valence electrons. The predicted molar refractivity (Wildman–Crippen MR) is 159 cm³/mol. The molecule has 10 nitrogen and oxygen atoms in total. The number of benzene rings is 2. The van der Waals surface area contributed by atoms with Crippen LogP contribution in [0.3, 0.4) is 0 Å². The number of amides is 2. The molecule has 44 heavy (non-hydrogen) atoms. The van der Waals surface area contributed by atoms with Gasteiger partial charge in [0.1, 0.15) is 12.4 Å². The second kappa shape index (κ2) is 12.4. The minimum Gasteiger partial charge on any atom is -0.341 e. The summed E-state index contributed by atoms with van der Waals surface area (Å²) in [7, 11) is -3.93. The van der Waals surface area contributed by atoms with Crippen molar-refractivity contribution in [1.82, 2.24) is 19.7 Å². The Balaban J connectivity index is 1.18. The number of piperidine rings is 1. The smallest absolute Gasteiger partial charge is 0.341 e. The van der Waals surface area contributed by atoms with Crippen molar-refractivity contribution in [2.45, 2.75) is 50.2 Å². The van der Waals surface area contributed by atoms with Crippen molar-refractivity contribution >= 4 is 44.7 Å². The fourth-order valence-corrected chi connectivity index (χ4v) is 6.82. The number of thiazole rings is 1. The van der Waals surface area contributed by atoms with Crippen LogP contribution >= 0.6 is 11.3 Å². The Hall–Kier alpha value is -4.24. The van der Waals surface area contributed by atoms with Crippen molar-refractivity contribution in [3.63, 3.8) is 0 Å². The van der Waals surface area contributed by atoms with Gasteiger partial charge in [0.2, 0.25) is 5.91 Å². The second-order valence-electron chi connectivity index (χ2n) is 10.5. The Labute approximate surface area is 256 Å². The summed E-state index contributed by atoms with van der Waals surface area (Å²) in [5, 5.41) is 8.74. The molecule has 2 N–H and O–H groups in total. The molecule has 0 bridgehead atoms. The maximum absolute atomic E-state index is 13.1. The summed E-state index contributed by atoms with van der Waals surface area (Å²) in [5.74, 6) is -0.495. The van der Waals surface area contributed by atoms with Crippen LogP contribution in [0, 0.1) is 13.8 Å². The lowest BCUT2D eigenvalue weighted by Gasteiger charge is -2.31. The zero-order valence-electron chi connectivity index (χ0n) is 23.8. The largest absolute Gasteiger partial charge is 0.435 e. The van der Waals surface area contributed by atoms with Gasteiger partial charge < -0.3 is 10.2 Å². The molecule has 2 amide bonds. The van der Waals surface area contributed by atoms with Gasteiger partial charge in [-0.05, 0) is 57.0 Å². The zero-order chi connectivity index (χ0) is 31.6. The fraction of sp³-hybridized carbons (Fsp3) is 0.310. The van der Waals surface area contributed by atoms with E-state index in [4.69, 9.17) is 0 Å². The number of nitrogens with one attached hydrogen (secondary N) is 2. The number of anilines is 2. The van der Waals surface area contributed by atoms with E-state index in [0.717, 1.165) is 21.3 Å². The predicted octanol–water partition coefficient (Wildman–Crippen LogP) is 5.43. The zero-order valence-corrected chi connectivity index (χ0v) is 25.4. The first-order chi connectivity index (χ1) is 20.8. The lowest BCUT2D eigenvalue weighted by molar-refractivity contribution is -0.142. The molecule has 1 saturated heterocycles. The van der Waals surface area contributed by atoms with Gasteiger partial charge in [-0.25, -0.2) is 13.4 Å². The number of carbonyl (C=O) groups excluding carboxylic acids is 2. The first kappa shape index (κ1) is 31.2. The quantitative estimate of drug-likeness (QED) is 0.263. The minimum atomic E-state index is -4.58. The summed E-state index contributed by atoms with van der Waals surface area (Å²) in [4.78, 5) is 32.1. The molecule has 4 aromatic rings. The Bertz CT molecular complexity index is 1780. The van der Waals surface area contributed by atoms with E-state index in [1.807, 2.05) is 6.92 Å². The van der Waals surface area contributed by atoms with Crippen LogP contribution in [0.25, 0.3) is 0 Å². The van der Waals surface area contributed by atoms with E-state index in [1.165, 1.54) is 42.5 Å². The Kier molecular flexibility index (Phi) is 8.79. The van der Waals surface area contributed by atoms with Crippen molar-refractivity contribution < 1.29 is 31.2 Å². The van der Waals surface area contributed by atoms with Gasteiger partial charge >= 0.3 is 6.18 Å². The van der Waals surface area contributed by atoms with E-state index in [0.29, 0.717) is 31.7 Å². The van der Waals surface area contributed by atoms with Gasteiger partial charge in [-0.1, -0.05) is 29.8 Å². The average molecular weight is 647 g/mol. The molecule has 2 aromatic heterocycles. The summed E-state index contributed by atoms with van der Waals surface area (Å²) in [6, 6.07) is 13.5. The maximum Gasteiger partial charge on any atom is 0.435 e. The summed E-state index contributed by atoms with van der Waals surface area (Å²) in [5.41, 5.74) is 0.388. The molecule has 3 heterocycles. The van der Waals surface area contributed by atoms with Crippen molar-refractivity contribution in [3.05, 3.63) is 87.5 Å². The Morgan fingerprint density at radius 1 is 1.05 bits per heavy atom. The van der Waals surface area contributed by atoms with Gasteiger partial charge in [0, 0.05) is 30.1 Å². The molecule has 15 heteroatoms. The first-order valence-corrected chi connectivity index (χ1v) is 16.0. The number of halogens is 3. The highest BCUT2D eigenvalue weighted by Crippen LogP contribution is 2.32. The number of likely N-dealkylation sites (tertiary alicyclic amines) is 1. The molecule has 0 atom stereocenters. The molecule has 0 aliphatic carbocycles. The number of nitrogens with zero attached hydrogens (tertiary/aromatic N) is 4. The van der Waals surface area contributed by atoms with E-state index >= 15 is 0 Å².